The van der Waals surface area contributed by atoms with Crippen LogP contribution in [0.2, 0.25) is 0 Å². The Morgan fingerprint density at radius 2 is 2.07 bits per heavy atom. The van der Waals surface area contributed by atoms with E-state index >= 15 is 0 Å². The van der Waals surface area contributed by atoms with Crippen molar-refractivity contribution < 1.29 is 9.53 Å². The summed E-state index contributed by atoms with van der Waals surface area (Å²) < 4.78 is 5.48. The second-order valence-electron chi connectivity index (χ2n) is 8.59. The minimum atomic E-state index is 0.202. The minimum Gasteiger partial charge on any atom is -0.378 e. The van der Waals surface area contributed by atoms with Crippen molar-refractivity contribution in [2.75, 3.05) is 44.3 Å². The van der Waals surface area contributed by atoms with Gasteiger partial charge in [0.15, 0.2) is 0 Å². The molecule has 0 spiro atoms. The summed E-state index contributed by atoms with van der Waals surface area (Å²) in [6, 6.07) is 3.99. The van der Waals surface area contributed by atoms with Crippen LogP contribution in [0, 0.1) is 5.92 Å². The van der Waals surface area contributed by atoms with Crippen LogP contribution in [0.15, 0.2) is 30.7 Å². The van der Waals surface area contributed by atoms with Gasteiger partial charge in [-0.2, -0.15) is 0 Å². The maximum Gasteiger partial charge on any atom is 0.225 e. The van der Waals surface area contributed by atoms with Gasteiger partial charge in [-0.05, 0) is 24.8 Å². The molecular formula is C23H31N5O2. The molecule has 7 nitrogen and oxygen atoms in total. The lowest BCUT2D eigenvalue weighted by Gasteiger charge is -2.34. The van der Waals surface area contributed by atoms with E-state index in [4.69, 9.17) is 9.72 Å². The van der Waals surface area contributed by atoms with Gasteiger partial charge in [-0.15, -0.1) is 0 Å². The average Bonchev–Trinajstić information content (AvgIpc) is 2.79. The van der Waals surface area contributed by atoms with Crippen LogP contribution in [0.25, 0.3) is 11.1 Å². The van der Waals surface area contributed by atoms with Gasteiger partial charge in [0, 0.05) is 68.2 Å². The highest BCUT2D eigenvalue weighted by Gasteiger charge is 2.29. The Morgan fingerprint density at radius 3 is 2.80 bits per heavy atom. The maximum absolute atomic E-state index is 12.7. The summed E-state index contributed by atoms with van der Waals surface area (Å²) in [6.45, 7) is 8.75. The number of hydrogen-bond acceptors (Lipinski definition) is 6. The number of piperidine rings is 1. The van der Waals surface area contributed by atoms with Gasteiger partial charge >= 0.3 is 0 Å². The summed E-state index contributed by atoms with van der Waals surface area (Å²) in [6.07, 6.45) is 8.19. The van der Waals surface area contributed by atoms with Gasteiger partial charge in [0.1, 0.15) is 0 Å². The average molecular weight is 410 g/mol. The molecule has 0 radical (unpaired) electrons. The van der Waals surface area contributed by atoms with E-state index < -0.39 is 0 Å². The molecular weight excluding hydrogens is 378 g/mol. The van der Waals surface area contributed by atoms with Gasteiger partial charge in [0.25, 0.3) is 0 Å². The second kappa shape index (κ2) is 9.51. The topological polar surface area (TPSA) is 71.5 Å². The molecule has 1 atom stereocenters. The zero-order valence-electron chi connectivity index (χ0n) is 18.0. The Bertz CT molecular complexity index is 852. The van der Waals surface area contributed by atoms with E-state index in [0.29, 0.717) is 25.6 Å². The van der Waals surface area contributed by atoms with Gasteiger partial charge in [-0.1, -0.05) is 19.9 Å². The number of anilines is 1. The van der Waals surface area contributed by atoms with Gasteiger partial charge in [0.2, 0.25) is 11.9 Å². The van der Waals surface area contributed by atoms with E-state index in [0.717, 1.165) is 61.8 Å². The monoisotopic (exact) mass is 409 g/mol. The van der Waals surface area contributed by atoms with Crippen molar-refractivity contribution in [3.8, 4) is 11.1 Å². The predicted molar refractivity (Wildman–Crippen MR) is 116 cm³/mol. The highest BCUT2D eigenvalue weighted by atomic mass is 16.5. The fourth-order valence-corrected chi connectivity index (χ4v) is 4.26. The minimum absolute atomic E-state index is 0.202. The van der Waals surface area contributed by atoms with Gasteiger partial charge in [-0.25, -0.2) is 9.97 Å². The first-order chi connectivity index (χ1) is 14.6. The standard InChI is InChI=1S/C23H31N5O2/c1-17(2)13-21(29)28-8-4-6-19(16-28)22-20(18-5-3-7-24-14-18)15-25-23(26-22)27-9-11-30-12-10-27/h3,5,7,14-15,17,19H,4,6,8-13,16H2,1-2H3. The number of hydrogen-bond donors (Lipinski definition) is 0. The molecule has 2 fully saturated rings. The predicted octanol–water partition coefficient (Wildman–Crippen LogP) is 3.13. The normalized spacial score (nSPS) is 19.9. The van der Waals surface area contributed by atoms with Crippen molar-refractivity contribution in [2.24, 2.45) is 5.92 Å². The van der Waals surface area contributed by atoms with Gasteiger partial charge in [-0.3, -0.25) is 9.78 Å². The highest BCUT2D eigenvalue weighted by molar-refractivity contribution is 5.76. The number of rotatable bonds is 5. The van der Waals surface area contributed by atoms with Gasteiger partial charge < -0.3 is 14.5 Å². The zero-order valence-corrected chi connectivity index (χ0v) is 18.0. The first kappa shape index (κ1) is 20.7. The highest BCUT2D eigenvalue weighted by Crippen LogP contribution is 2.34. The van der Waals surface area contributed by atoms with E-state index in [1.54, 1.807) is 6.20 Å². The van der Waals surface area contributed by atoms with Crippen LogP contribution in [0.5, 0.6) is 0 Å². The van der Waals surface area contributed by atoms with Crippen molar-refractivity contribution in [1.82, 2.24) is 19.9 Å². The van der Waals surface area contributed by atoms with Crippen LogP contribution in [-0.2, 0) is 9.53 Å². The Hall–Kier alpha value is -2.54. The van der Waals surface area contributed by atoms with Crippen LogP contribution in [-0.4, -0.2) is 65.2 Å². The third-order valence-electron chi connectivity index (χ3n) is 5.82. The van der Waals surface area contributed by atoms with E-state index in [2.05, 4.69) is 28.7 Å². The van der Waals surface area contributed by atoms with E-state index in [-0.39, 0.29) is 11.8 Å². The summed E-state index contributed by atoms with van der Waals surface area (Å²) in [4.78, 5) is 30.9. The summed E-state index contributed by atoms with van der Waals surface area (Å²) >= 11 is 0. The summed E-state index contributed by atoms with van der Waals surface area (Å²) in [5.41, 5.74) is 3.07. The van der Waals surface area contributed by atoms with Gasteiger partial charge in [0.05, 0.1) is 18.9 Å². The molecule has 2 aliphatic heterocycles. The lowest BCUT2D eigenvalue weighted by molar-refractivity contribution is -0.133. The molecule has 1 amide bonds. The first-order valence-electron chi connectivity index (χ1n) is 11.0. The fraction of sp³-hybridized carbons (Fsp3) is 0.565. The van der Waals surface area contributed by atoms with Crippen molar-refractivity contribution in [1.29, 1.82) is 0 Å². The molecule has 0 bridgehead atoms. The number of carbonyl (C=O) groups is 1. The molecule has 4 heterocycles. The number of carbonyl (C=O) groups excluding carboxylic acids is 1. The Kier molecular flexibility index (Phi) is 6.57. The number of likely N-dealkylation sites (tertiary alicyclic amines) is 1. The number of ether oxygens (including phenoxy) is 1. The van der Waals surface area contributed by atoms with Crippen molar-refractivity contribution >= 4 is 11.9 Å². The Balaban J connectivity index is 1.65. The third-order valence-corrected chi connectivity index (χ3v) is 5.82. The van der Waals surface area contributed by atoms with E-state index in [1.165, 1.54) is 0 Å². The van der Waals surface area contributed by atoms with E-state index in [1.807, 2.05) is 29.4 Å². The Morgan fingerprint density at radius 1 is 1.23 bits per heavy atom. The molecule has 1 unspecified atom stereocenters. The van der Waals surface area contributed by atoms with Crippen LogP contribution in [0.3, 0.4) is 0 Å². The zero-order chi connectivity index (χ0) is 20.9. The van der Waals surface area contributed by atoms with Crippen LogP contribution in [0.4, 0.5) is 5.95 Å². The molecule has 2 aromatic rings. The lowest BCUT2D eigenvalue weighted by Crippen LogP contribution is -2.40. The molecule has 0 aliphatic carbocycles. The van der Waals surface area contributed by atoms with Crippen molar-refractivity contribution in [2.45, 2.75) is 39.0 Å². The summed E-state index contributed by atoms with van der Waals surface area (Å²) in [5.74, 6) is 1.58. The fourth-order valence-electron chi connectivity index (χ4n) is 4.26. The van der Waals surface area contributed by atoms with Crippen LogP contribution >= 0.6 is 0 Å². The molecule has 30 heavy (non-hydrogen) atoms. The number of pyridine rings is 1. The Labute approximate surface area is 178 Å². The summed E-state index contributed by atoms with van der Waals surface area (Å²) in [5, 5.41) is 0. The van der Waals surface area contributed by atoms with E-state index in [9.17, 15) is 4.79 Å². The molecule has 160 valence electrons. The van der Waals surface area contributed by atoms with Crippen LogP contribution < -0.4 is 4.90 Å². The van der Waals surface area contributed by atoms with Crippen molar-refractivity contribution in [3.05, 3.63) is 36.4 Å². The SMILES string of the molecule is CC(C)CC(=O)N1CCCC(c2nc(N3CCOCC3)ncc2-c2cccnc2)C1. The molecule has 4 rings (SSSR count). The second-order valence-corrected chi connectivity index (χ2v) is 8.59. The number of amides is 1. The van der Waals surface area contributed by atoms with Crippen molar-refractivity contribution in [3.63, 3.8) is 0 Å². The molecule has 0 aromatic carbocycles. The maximum atomic E-state index is 12.7. The smallest absolute Gasteiger partial charge is 0.225 e. The quantitative estimate of drug-likeness (QED) is 0.756. The summed E-state index contributed by atoms with van der Waals surface area (Å²) in [7, 11) is 0. The molecule has 0 N–H and O–H groups in total. The molecule has 2 aromatic heterocycles. The largest absolute Gasteiger partial charge is 0.378 e. The molecule has 0 saturated carbocycles. The van der Waals surface area contributed by atoms with Crippen LogP contribution in [0.1, 0.15) is 44.7 Å². The third kappa shape index (κ3) is 4.78. The number of morpholine rings is 1. The first-order valence-corrected chi connectivity index (χ1v) is 11.0. The number of nitrogens with zero attached hydrogens (tertiary/aromatic N) is 5. The molecule has 7 heteroatoms. The lowest BCUT2D eigenvalue weighted by atomic mass is 9.90. The molecule has 2 saturated heterocycles. The molecule has 2 aliphatic rings. The number of aromatic nitrogens is 3.